The van der Waals surface area contributed by atoms with E-state index in [1.807, 2.05) is 103 Å². The van der Waals surface area contributed by atoms with E-state index in [0.29, 0.717) is 17.5 Å². The maximum Gasteiger partial charge on any atom is 0.167 e. The van der Waals surface area contributed by atoms with Crippen molar-refractivity contribution in [1.82, 2.24) is 19.9 Å². The number of rotatable bonds is 5. The van der Waals surface area contributed by atoms with Gasteiger partial charge >= 0.3 is 0 Å². The lowest BCUT2D eigenvalue weighted by Crippen LogP contribution is -2.00. The van der Waals surface area contributed by atoms with Crippen molar-refractivity contribution in [2.24, 2.45) is 0 Å². The average molecular weight is 643 g/mol. The molecule has 50 heavy (non-hydrogen) atoms. The average Bonchev–Trinajstić information content (AvgIpc) is 3.77. The Labute approximate surface area is 286 Å². The molecular formula is C44H26N4O2. The molecule has 0 amide bonds. The van der Waals surface area contributed by atoms with E-state index in [9.17, 15) is 0 Å². The molecule has 0 unspecified atom stereocenters. The van der Waals surface area contributed by atoms with E-state index in [4.69, 9.17) is 23.8 Å². The molecule has 0 aliphatic carbocycles. The molecule has 6 aromatic carbocycles. The smallest absolute Gasteiger partial charge is 0.167 e. The van der Waals surface area contributed by atoms with Crippen molar-refractivity contribution >= 4 is 43.9 Å². The first-order valence-corrected chi connectivity index (χ1v) is 16.5. The van der Waals surface area contributed by atoms with Crippen molar-refractivity contribution in [3.05, 3.63) is 158 Å². The maximum absolute atomic E-state index is 6.71. The van der Waals surface area contributed by atoms with Gasteiger partial charge in [0.2, 0.25) is 0 Å². The van der Waals surface area contributed by atoms with E-state index in [2.05, 4.69) is 53.5 Å². The summed E-state index contributed by atoms with van der Waals surface area (Å²) in [5.74, 6) is 1.70. The zero-order valence-corrected chi connectivity index (χ0v) is 26.6. The van der Waals surface area contributed by atoms with Crippen LogP contribution in [0.2, 0.25) is 0 Å². The minimum Gasteiger partial charge on any atom is -0.456 e. The molecule has 6 heteroatoms. The first-order valence-electron chi connectivity index (χ1n) is 16.5. The molecule has 0 spiro atoms. The molecular weight excluding hydrogens is 617 g/mol. The predicted octanol–water partition coefficient (Wildman–Crippen LogP) is 11.4. The van der Waals surface area contributed by atoms with E-state index >= 15 is 0 Å². The van der Waals surface area contributed by atoms with Gasteiger partial charge in [0.25, 0.3) is 0 Å². The van der Waals surface area contributed by atoms with Crippen molar-refractivity contribution < 1.29 is 8.83 Å². The summed E-state index contributed by atoms with van der Waals surface area (Å²) in [4.78, 5) is 19.4. The predicted molar refractivity (Wildman–Crippen MR) is 199 cm³/mol. The molecule has 0 aliphatic heterocycles. The van der Waals surface area contributed by atoms with Crippen LogP contribution in [0.4, 0.5) is 0 Å². The Hall–Kier alpha value is -6.92. The number of hydrogen-bond acceptors (Lipinski definition) is 6. The highest BCUT2D eigenvalue weighted by Crippen LogP contribution is 2.45. The number of pyridine rings is 1. The monoisotopic (exact) mass is 642 g/mol. The summed E-state index contributed by atoms with van der Waals surface area (Å²) in [6.45, 7) is 0. The van der Waals surface area contributed by atoms with Gasteiger partial charge in [-0.1, -0.05) is 115 Å². The number of aromatic nitrogens is 4. The molecule has 0 N–H and O–H groups in total. The van der Waals surface area contributed by atoms with Gasteiger partial charge in [0.05, 0.1) is 5.56 Å². The van der Waals surface area contributed by atoms with Crippen molar-refractivity contribution in [3.63, 3.8) is 0 Å². The number of benzene rings is 6. The lowest BCUT2D eigenvalue weighted by Gasteiger charge is -2.11. The Bertz CT molecular complexity index is 2860. The molecule has 4 aromatic heterocycles. The largest absolute Gasteiger partial charge is 0.456 e. The quantitative estimate of drug-likeness (QED) is 0.186. The molecule has 0 atom stereocenters. The summed E-state index contributed by atoms with van der Waals surface area (Å²) >= 11 is 0. The Morgan fingerprint density at radius 1 is 0.360 bits per heavy atom. The first kappa shape index (κ1) is 28.1. The number of fused-ring (bicyclic) bond motifs is 6. The highest BCUT2D eigenvalue weighted by Gasteiger charge is 2.22. The fourth-order valence-corrected chi connectivity index (χ4v) is 6.91. The second-order valence-electron chi connectivity index (χ2n) is 12.2. The van der Waals surface area contributed by atoms with E-state index in [1.165, 1.54) is 0 Å². The molecule has 0 saturated heterocycles. The summed E-state index contributed by atoms with van der Waals surface area (Å²) in [5.41, 5.74) is 10.0. The third-order valence-electron chi connectivity index (χ3n) is 9.27. The Morgan fingerprint density at radius 2 is 0.940 bits per heavy atom. The second kappa shape index (κ2) is 11.4. The lowest BCUT2D eigenvalue weighted by atomic mass is 9.94. The lowest BCUT2D eigenvalue weighted by molar-refractivity contribution is 0.668. The molecule has 0 radical (unpaired) electrons. The van der Waals surface area contributed by atoms with Gasteiger partial charge in [-0.15, -0.1) is 0 Å². The summed E-state index contributed by atoms with van der Waals surface area (Å²) < 4.78 is 13.0. The Morgan fingerprint density at radius 3 is 1.70 bits per heavy atom. The highest BCUT2D eigenvalue weighted by molar-refractivity contribution is 6.21. The molecule has 0 saturated carbocycles. The van der Waals surface area contributed by atoms with Crippen molar-refractivity contribution in [2.45, 2.75) is 0 Å². The Kier molecular flexibility index (Phi) is 6.39. The SMILES string of the molecule is c1ccc(-c2nc(-c3ccc(-c4cccnc4)cc3)nc(-c3ccc(-c4cccc5oc6ccccc6c45)c4c3oc3ccccc34)n2)cc1. The minimum absolute atomic E-state index is 0.535. The van der Waals surface area contributed by atoms with Crippen molar-refractivity contribution in [2.75, 3.05) is 0 Å². The summed E-state index contributed by atoms with van der Waals surface area (Å²) in [5, 5.41) is 4.17. The number of furan rings is 2. The maximum atomic E-state index is 6.71. The molecule has 4 heterocycles. The van der Waals surface area contributed by atoms with Crippen LogP contribution < -0.4 is 0 Å². The minimum atomic E-state index is 0.535. The number of nitrogens with zero attached hydrogens (tertiary/aromatic N) is 4. The van der Waals surface area contributed by atoms with Crippen LogP contribution in [-0.4, -0.2) is 19.9 Å². The number of para-hydroxylation sites is 2. The van der Waals surface area contributed by atoms with Gasteiger partial charge in [0, 0.05) is 45.1 Å². The van der Waals surface area contributed by atoms with Crippen molar-refractivity contribution in [1.29, 1.82) is 0 Å². The van der Waals surface area contributed by atoms with E-state index in [1.54, 1.807) is 6.20 Å². The summed E-state index contributed by atoms with van der Waals surface area (Å²) in [6, 6.07) is 49.1. The number of hydrogen-bond donors (Lipinski definition) is 0. The van der Waals surface area contributed by atoms with Crippen LogP contribution >= 0.6 is 0 Å². The van der Waals surface area contributed by atoms with Gasteiger partial charge in [0.15, 0.2) is 17.5 Å². The van der Waals surface area contributed by atoms with Crippen LogP contribution in [-0.2, 0) is 0 Å². The highest BCUT2D eigenvalue weighted by atomic mass is 16.3. The normalized spacial score (nSPS) is 11.6. The summed E-state index contributed by atoms with van der Waals surface area (Å²) in [6.07, 6.45) is 3.64. The molecule has 0 fully saturated rings. The fraction of sp³-hybridized carbons (Fsp3) is 0. The van der Waals surface area contributed by atoms with Crippen LogP contribution in [0.15, 0.2) is 167 Å². The molecule has 10 aromatic rings. The van der Waals surface area contributed by atoms with E-state index in [0.717, 1.165) is 82.8 Å². The van der Waals surface area contributed by atoms with Gasteiger partial charge in [0.1, 0.15) is 22.3 Å². The van der Waals surface area contributed by atoms with E-state index in [-0.39, 0.29) is 0 Å². The third-order valence-corrected chi connectivity index (χ3v) is 9.27. The fourth-order valence-electron chi connectivity index (χ4n) is 6.91. The molecule has 234 valence electrons. The summed E-state index contributed by atoms with van der Waals surface area (Å²) in [7, 11) is 0. The molecule has 6 nitrogen and oxygen atoms in total. The second-order valence-corrected chi connectivity index (χ2v) is 12.2. The van der Waals surface area contributed by atoms with Crippen LogP contribution in [0.25, 0.3) is 100 Å². The topological polar surface area (TPSA) is 77.8 Å². The standard InChI is InChI=1S/C44H26N4O2/c1-2-10-28(11-3-1)42-46-43(29-21-19-27(20-22-29)30-12-9-25-45-26-30)48-44(47-42)35-24-23-32(40-34-14-5-7-17-37(34)50-41(35)40)31-15-8-18-38-39(31)33-13-4-6-16-36(33)49-38/h1-26H. The van der Waals surface area contributed by atoms with Crippen LogP contribution in [0.1, 0.15) is 0 Å². The van der Waals surface area contributed by atoms with E-state index < -0.39 is 0 Å². The molecule has 0 aliphatic rings. The van der Waals surface area contributed by atoms with Crippen LogP contribution in [0.5, 0.6) is 0 Å². The van der Waals surface area contributed by atoms with Gasteiger partial charge < -0.3 is 8.83 Å². The molecule has 10 rings (SSSR count). The zero-order valence-electron chi connectivity index (χ0n) is 26.6. The van der Waals surface area contributed by atoms with Gasteiger partial charge in [-0.25, -0.2) is 15.0 Å². The zero-order chi connectivity index (χ0) is 33.0. The van der Waals surface area contributed by atoms with Gasteiger partial charge in [-0.3, -0.25) is 4.98 Å². The first-order chi connectivity index (χ1) is 24.8. The third kappa shape index (κ3) is 4.58. The van der Waals surface area contributed by atoms with Crippen LogP contribution in [0, 0.1) is 0 Å². The molecule has 0 bridgehead atoms. The van der Waals surface area contributed by atoms with Gasteiger partial charge in [-0.05, 0) is 52.6 Å². The van der Waals surface area contributed by atoms with Crippen molar-refractivity contribution in [3.8, 4) is 56.4 Å². The van der Waals surface area contributed by atoms with Gasteiger partial charge in [-0.2, -0.15) is 0 Å². The van der Waals surface area contributed by atoms with Crippen LogP contribution in [0.3, 0.4) is 0 Å². The Balaban J connectivity index is 1.21.